The first-order valence-corrected chi connectivity index (χ1v) is 4.84. The molecule has 66 valence electrons. The first-order valence-electron chi connectivity index (χ1n) is 4.04. The summed E-state index contributed by atoms with van der Waals surface area (Å²) in [6.07, 6.45) is 1.05. The van der Waals surface area contributed by atoms with Gasteiger partial charge in [0.2, 0.25) is 0 Å². The third-order valence-electron chi connectivity index (χ3n) is 1.89. The minimum atomic E-state index is 0.685. The lowest BCUT2D eigenvalue weighted by atomic mass is 10.1. The molecule has 0 saturated carbocycles. The van der Waals surface area contributed by atoms with Crippen LogP contribution in [-0.2, 0) is 17.8 Å². The van der Waals surface area contributed by atoms with Gasteiger partial charge in [0.1, 0.15) is 0 Å². The van der Waals surface area contributed by atoms with Crippen LogP contribution in [0.15, 0.2) is 22.7 Å². The number of halogens is 1. The summed E-state index contributed by atoms with van der Waals surface area (Å²) in [7, 11) is 1.72. The maximum absolute atomic E-state index is 5.12. The molecule has 0 radical (unpaired) electrons. The van der Waals surface area contributed by atoms with E-state index in [1.54, 1.807) is 7.11 Å². The lowest BCUT2D eigenvalue weighted by Crippen LogP contribution is -1.95. The van der Waals surface area contributed by atoms with E-state index in [1.165, 1.54) is 11.1 Å². The zero-order valence-corrected chi connectivity index (χ0v) is 9.02. The molecule has 0 bridgehead atoms. The fourth-order valence-electron chi connectivity index (χ4n) is 1.24. The smallest absolute Gasteiger partial charge is 0.0726 e. The highest BCUT2D eigenvalue weighted by atomic mass is 79.9. The Morgan fingerprint density at radius 3 is 2.75 bits per heavy atom. The van der Waals surface area contributed by atoms with E-state index in [-0.39, 0.29) is 0 Å². The van der Waals surface area contributed by atoms with E-state index in [9.17, 15) is 0 Å². The molecule has 0 aliphatic carbocycles. The van der Waals surface area contributed by atoms with E-state index in [1.807, 2.05) is 6.07 Å². The number of hydrogen-bond acceptors (Lipinski definition) is 1. The Kier molecular flexibility index (Phi) is 3.76. The Labute approximate surface area is 81.9 Å². The van der Waals surface area contributed by atoms with Gasteiger partial charge in [-0.1, -0.05) is 35.0 Å². The minimum absolute atomic E-state index is 0.685. The Balaban J connectivity index is 3.02. The molecule has 0 saturated heterocycles. The molecule has 1 aromatic rings. The van der Waals surface area contributed by atoms with Crippen LogP contribution in [0, 0.1) is 0 Å². The Morgan fingerprint density at radius 1 is 1.42 bits per heavy atom. The summed E-state index contributed by atoms with van der Waals surface area (Å²) in [6.45, 7) is 2.84. The lowest BCUT2D eigenvalue weighted by molar-refractivity contribution is 0.183. The molecule has 0 amide bonds. The van der Waals surface area contributed by atoms with Gasteiger partial charge >= 0.3 is 0 Å². The molecule has 0 aliphatic rings. The van der Waals surface area contributed by atoms with Crippen LogP contribution in [0.2, 0.25) is 0 Å². The van der Waals surface area contributed by atoms with Crippen molar-refractivity contribution in [1.82, 2.24) is 0 Å². The summed E-state index contributed by atoms with van der Waals surface area (Å²) >= 11 is 3.51. The first-order chi connectivity index (χ1) is 5.79. The molecule has 1 rings (SSSR count). The van der Waals surface area contributed by atoms with Crippen molar-refractivity contribution in [3.05, 3.63) is 33.8 Å². The topological polar surface area (TPSA) is 9.23 Å². The number of benzene rings is 1. The van der Waals surface area contributed by atoms with E-state index >= 15 is 0 Å². The second kappa shape index (κ2) is 4.63. The molecule has 0 aromatic heterocycles. The molecule has 0 heterocycles. The molecular weight excluding hydrogens is 216 g/mol. The van der Waals surface area contributed by atoms with E-state index in [0.717, 1.165) is 10.9 Å². The van der Waals surface area contributed by atoms with E-state index < -0.39 is 0 Å². The van der Waals surface area contributed by atoms with Gasteiger partial charge in [-0.2, -0.15) is 0 Å². The second-order valence-corrected chi connectivity index (χ2v) is 3.52. The van der Waals surface area contributed by atoms with Gasteiger partial charge in [-0.3, -0.25) is 0 Å². The third kappa shape index (κ3) is 2.08. The molecule has 0 fully saturated rings. The summed E-state index contributed by atoms with van der Waals surface area (Å²) in [4.78, 5) is 0. The highest BCUT2D eigenvalue weighted by molar-refractivity contribution is 9.10. The summed E-state index contributed by atoms with van der Waals surface area (Å²) in [5.41, 5.74) is 2.62. The van der Waals surface area contributed by atoms with Crippen LogP contribution in [-0.4, -0.2) is 7.11 Å². The average Bonchev–Trinajstić information content (AvgIpc) is 2.09. The molecule has 12 heavy (non-hydrogen) atoms. The Hall–Kier alpha value is -0.340. The fraction of sp³-hybridized carbons (Fsp3) is 0.400. The van der Waals surface area contributed by atoms with Gasteiger partial charge in [-0.05, 0) is 23.6 Å². The zero-order valence-electron chi connectivity index (χ0n) is 7.43. The Morgan fingerprint density at radius 2 is 2.17 bits per heavy atom. The fourth-order valence-corrected chi connectivity index (χ4v) is 1.76. The number of hydrogen-bond donors (Lipinski definition) is 0. The van der Waals surface area contributed by atoms with Crippen molar-refractivity contribution in [2.75, 3.05) is 7.11 Å². The number of methoxy groups -OCH3 is 1. The third-order valence-corrected chi connectivity index (χ3v) is 2.63. The van der Waals surface area contributed by atoms with E-state index in [2.05, 4.69) is 35.0 Å². The first kappa shape index (κ1) is 9.75. The zero-order chi connectivity index (χ0) is 8.97. The van der Waals surface area contributed by atoms with Crippen molar-refractivity contribution < 1.29 is 4.74 Å². The van der Waals surface area contributed by atoms with Crippen molar-refractivity contribution in [3.8, 4) is 0 Å². The highest BCUT2D eigenvalue weighted by Gasteiger charge is 2.03. The molecule has 0 aliphatic heterocycles. The maximum atomic E-state index is 5.12. The molecule has 0 spiro atoms. The van der Waals surface area contributed by atoms with Crippen LogP contribution in [0.4, 0.5) is 0 Å². The van der Waals surface area contributed by atoms with Gasteiger partial charge < -0.3 is 4.74 Å². The van der Waals surface area contributed by atoms with Gasteiger partial charge in [-0.25, -0.2) is 0 Å². The molecule has 1 nitrogen and oxygen atoms in total. The molecule has 0 unspecified atom stereocenters. The Bertz CT molecular complexity index is 258. The van der Waals surface area contributed by atoms with Crippen LogP contribution in [0.3, 0.4) is 0 Å². The van der Waals surface area contributed by atoms with Crippen LogP contribution >= 0.6 is 15.9 Å². The predicted molar refractivity (Wildman–Crippen MR) is 54.2 cm³/mol. The number of ether oxygens (including phenoxy) is 1. The number of aryl methyl sites for hydroxylation is 1. The van der Waals surface area contributed by atoms with E-state index in [0.29, 0.717) is 6.61 Å². The van der Waals surface area contributed by atoms with Crippen molar-refractivity contribution in [2.45, 2.75) is 20.0 Å². The minimum Gasteiger partial charge on any atom is -0.380 e. The van der Waals surface area contributed by atoms with Gasteiger partial charge in [0, 0.05) is 11.6 Å². The predicted octanol–water partition coefficient (Wildman–Crippen LogP) is 3.16. The normalized spacial score (nSPS) is 10.2. The number of rotatable bonds is 3. The molecule has 0 N–H and O–H groups in total. The second-order valence-electron chi connectivity index (χ2n) is 2.66. The van der Waals surface area contributed by atoms with Crippen molar-refractivity contribution in [3.63, 3.8) is 0 Å². The van der Waals surface area contributed by atoms with Crippen molar-refractivity contribution in [2.24, 2.45) is 0 Å². The van der Waals surface area contributed by atoms with Gasteiger partial charge in [0.05, 0.1) is 6.61 Å². The summed E-state index contributed by atoms with van der Waals surface area (Å²) in [6, 6.07) is 6.24. The molecule has 1 aromatic carbocycles. The average molecular weight is 229 g/mol. The van der Waals surface area contributed by atoms with Gasteiger partial charge in [0.25, 0.3) is 0 Å². The van der Waals surface area contributed by atoms with Crippen molar-refractivity contribution in [1.29, 1.82) is 0 Å². The van der Waals surface area contributed by atoms with Gasteiger partial charge in [0.15, 0.2) is 0 Å². The molecular formula is C10H13BrO. The summed E-state index contributed by atoms with van der Waals surface area (Å²) in [5.74, 6) is 0. The van der Waals surface area contributed by atoms with Crippen LogP contribution in [0.25, 0.3) is 0 Å². The highest BCUT2D eigenvalue weighted by Crippen LogP contribution is 2.21. The molecule has 0 atom stereocenters. The standard InChI is InChI=1S/C10H13BrO/c1-3-8-5-4-6-10(11)9(8)7-12-2/h4-6H,3,7H2,1-2H3. The SMILES string of the molecule is CCc1cccc(Br)c1COC. The maximum Gasteiger partial charge on any atom is 0.0726 e. The summed E-state index contributed by atoms with van der Waals surface area (Å²) < 4.78 is 6.26. The van der Waals surface area contributed by atoms with E-state index in [4.69, 9.17) is 4.74 Å². The molecule has 2 heteroatoms. The lowest BCUT2D eigenvalue weighted by Gasteiger charge is -2.08. The van der Waals surface area contributed by atoms with Gasteiger partial charge in [-0.15, -0.1) is 0 Å². The van der Waals surface area contributed by atoms with Crippen LogP contribution in [0.5, 0.6) is 0 Å². The van der Waals surface area contributed by atoms with Crippen LogP contribution < -0.4 is 0 Å². The quantitative estimate of drug-likeness (QED) is 0.773. The van der Waals surface area contributed by atoms with Crippen molar-refractivity contribution >= 4 is 15.9 Å². The largest absolute Gasteiger partial charge is 0.380 e. The summed E-state index contributed by atoms with van der Waals surface area (Å²) in [5, 5.41) is 0. The van der Waals surface area contributed by atoms with Crippen LogP contribution in [0.1, 0.15) is 18.1 Å². The monoisotopic (exact) mass is 228 g/mol.